The zero-order valence-electron chi connectivity index (χ0n) is 26.3. The Morgan fingerprint density at radius 1 is 1.02 bits per heavy atom. The molecule has 3 aliphatic carbocycles. The van der Waals surface area contributed by atoms with E-state index in [0.717, 1.165) is 24.0 Å². The Bertz CT molecular complexity index is 1600. The molecule has 9 nitrogen and oxygen atoms in total. The van der Waals surface area contributed by atoms with Crippen LogP contribution >= 0.6 is 0 Å². The number of amides is 1. The van der Waals surface area contributed by atoms with Gasteiger partial charge in [0, 0.05) is 11.8 Å². The summed E-state index contributed by atoms with van der Waals surface area (Å²) in [7, 11) is -4.12. The minimum atomic E-state index is -4.12. The summed E-state index contributed by atoms with van der Waals surface area (Å²) in [6, 6.07) is 12.7. The summed E-state index contributed by atoms with van der Waals surface area (Å²) >= 11 is 0. The van der Waals surface area contributed by atoms with E-state index in [1.807, 2.05) is 32.0 Å². The van der Waals surface area contributed by atoms with Crippen molar-refractivity contribution in [2.45, 2.75) is 102 Å². The van der Waals surface area contributed by atoms with Gasteiger partial charge in [-0.2, -0.15) is 0 Å². The van der Waals surface area contributed by atoms with Crippen LogP contribution in [0.1, 0.15) is 70.9 Å². The lowest BCUT2D eigenvalue weighted by Crippen LogP contribution is -2.56. The molecule has 0 radical (unpaired) electrons. The fourth-order valence-corrected chi connectivity index (χ4v) is 10.4. The van der Waals surface area contributed by atoms with Gasteiger partial charge in [0.15, 0.2) is 5.78 Å². The van der Waals surface area contributed by atoms with Crippen molar-refractivity contribution < 1.29 is 32.3 Å². The number of benzene rings is 2. The fraction of sp³-hybridized carbons (Fsp3) is 0.559. The molecule has 10 heteroatoms. The van der Waals surface area contributed by atoms with Gasteiger partial charge in [0.05, 0.1) is 29.3 Å². The van der Waals surface area contributed by atoms with Gasteiger partial charge in [0.2, 0.25) is 5.54 Å². The number of anilines is 1. The van der Waals surface area contributed by atoms with Crippen molar-refractivity contribution in [3.8, 4) is 0 Å². The Morgan fingerprint density at radius 3 is 2.32 bits per heavy atom. The van der Waals surface area contributed by atoms with E-state index in [1.54, 1.807) is 37.3 Å². The van der Waals surface area contributed by atoms with E-state index in [1.165, 1.54) is 9.21 Å². The molecule has 1 saturated heterocycles. The minimum absolute atomic E-state index is 0.113. The number of Topliss-reactive ketones (excluding diaryl/α,β-unsaturated/α-hetero) is 1. The Balaban J connectivity index is 1.48. The van der Waals surface area contributed by atoms with Gasteiger partial charge in [0.1, 0.15) is 6.10 Å². The quantitative estimate of drug-likeness (QED) is 0.226. The molecule has 3 saturated carbocycles. The van der Waals surface area contributed by atoms with E-state index < -0.39 is 56.6 Å². The van der Waals surface area contributed by atoms with Crippen LogP contribution in [0, 0.1) is 30.6 Å². The maximum Gasteiger partial charge on any atom is 0.411 e. The van der Waals surface area contributed by atoms with Gasteiger partial charge >= 0.3 is 12.1 Å². The zero-order valence-corrected chi connectivity index (χ0v) is 27.1. The van der Waals surface area contributed by atoms with Crippen LogP contribution in [0.2, 0.25) is 0 Å². The molecule has 1 amide bonds. The number of ketones is 1. The first-order chi connectivity index (χ1) is 20.7. The van der Waals surface area contributed by atoms with Crippen LogP contribution in [0.25, 0.3) is 0 Å². The maximum atomic E-state index is 14.7. The van der Waals surface area contributed by atoms with Crippen LogP contribution in [-0.2, 0) is 29.1 Å². The van der Waals surface area contributed by atoms with E-state index in [9.17, 15) is 22.8 Å². The molecule has 4 fully saturated rings. The second-order valence-corrected chi connectivity index (χ2v) is 15.5. The van der Waals surface area contributed by atoms with Crippen LogP contribution in [-0.4, -0.2) is 61.5 Å². The van der Waals surface area contributed by atoms with Gasteiger partial charge in [-0.15, -0.1) is 0 Å². The standard InChI is InChI=1S/C34H42N2O7S/c1-7-42-31(39)35-26-14-11-15-27(37)34(26,35)30(38)43-29-28(25-16-17-33(29,6)32(25,4)5)36(23-19-21(2)18-22(3)20-23)44(40,41)24-12-9-8-10-13-24/h8-10,12-13,18-20,25-26,28-29H,7,11,14-17H2,1-6H3/t25-,26+,28?,29-,33+,34+,35?/m1/s1. The Hall–Kier alpha value is -3.40. The molecule has 236 valence electrons. The van der Waals surface area contributed by atoms with Crippen molar-refractivity contribution in [1.82, 2.24) is 4.90 Å². The lowest BCUT2D eigenvalue weighted by Gasteiger charge is -2.43. The number of hydrogen-bond donors (Lipinski definition) is 0. The topological polar surface area (TPSA) is 110 Å². The molecule has 6 atom stereocenters. The van der Waals surface area contributed by atoms with Crippen LogP contribution in [0.15, 0.2) is 53.4 Å². The van der Waals surface area contributed by atoms with Gasteiger partial charge in [-0.25, -0.2) is 18.0 Å². The lowest BCUT2D eigenvalue weighted by molar-refractivity contribution is -0.164. The molecule has 2 aromatic carbocycles. The van der Waals surface area contributed by atoms with Gasteiger partial charge in [0.25, 0.3) is 10.0 Å². The smallest absolute Gasteiger partial charge is 0.411 e. The summed E-state index contributed by atoms with van der Waals surface area (Å²) in [6.45, 7) is 12.0. The van der Waals surface area contributed by atoms with Crippen molar-refractivity contribution in [3.05, 3.63) is 59.7 Å². The Kier molecular flexibility index (Phi) is 7.18. The number of hydrogen-bond acceptors (Lipinski definition) is 7. The van der Waals surface area contributed by atoms with Crippen molar-refractivity contribution in [2.75, 3.05) is 10.9 Å². The summed E-state index contributed by atoms with van der Waals surface area (Å²) in [6.07, 6.45) is 1.16. The average Bonchev–Trinajstić information content (AvgIpc) is 3.56. The number of aryl methyl sites for hydroxylation is 2. The van der Waals surface area contributed by atoms with Crippen LogP contribution in [0.3, 0.4) is 0 Å². The highest BCUT2D eigenvalue weighted by Crippen LogP contribution is 2.68. The van der Waals surface area contributed by atoms with Crippen molar-refractivity contribution >= 4 is 33.6 Å². The molecule has 0 spiro atoms. The zero-order chi connectivity index (χ0) is 31.8. The molecule has 44 heavy (non-hydrogen) atoms. The predicted octanol–water partition coefficient (Wildman–Crippen LogP) is 5.57. The van der Waals surface area contributed by atoms with Crippen LogP contribution < -0.4 is 4.31 Å². The number of fused-ring (bicyclic) bond motifs is 3. The van der Waals surface area contributed by atoms with Crippen molar-refractivity contribution in [3.63, 3.8) is 0 Å². The molecule has 6 rings (SSSR count). The van der Waals surface area contributed by atoms with Crippen molar-refractivity contribution in [2.24, 2.45) is 16.7 Å². The highest BCUT2D eigenvalue weighted by molar-refractivity contribution is 7.92. The summed E-state index contributed by atoms with van der Waals surface area (Å²) < 4.78 is 42.5. The first-order valence-electron chi connectivity index (χ1n) is 15.6. The predicted molar refractivity (Wildman–Crippen MR) is 165 cm³/mol. The van der Waals surface area contributed by atoms with E-state index in [-0.39, 0.29) is 29.6 Å². The summed E-state index contributed by atoms with van der Waals surface area (Å²) in [5.41, 5.74) is -0.381. The number of ether oxygens (including phenoxy) is 2. The highest BCUT2D eigenvalue weighted by Gasteiger charge is 2.79. The molecule has 2 aromatic rings. The molecule has 1 aliphatic heterocycles. The SMILES string of the molecule is CCOC(=O)N1[C@H]2CCCC(=O)[C@]21C(=O)O[C@@H]1C(N(c2cc(C)cc(C)c2)S(=O)(=O)c2ccccc2)[C@H]2CC[C@]1(C)C2(C)C. The van der Waals surface area contributed by atoms with Crippen LogP contribution in [0.5, 0.6) is 0 Å². The number of likely N-dealkylation sites (tertiary alicyclic amines) is 1. The monoisotopic (exact) mass is 622 g/mol. The largest absolute Gasteiger partial charge is 0.457 e. The van der Waals surface area contributed by atoms with Gasteiger partial charge in [-0.05, 0) is 93.2 Å². The molecular formula is C34H42N2O7S. The number of sulfonamides is 1. The van der Waals surface area contributed by atoms with E-state index in [0.29, 0.717) is 18.5 Å². The second kappa shape index (κ2) is 10.3. The molecular weight excluding hydrogens is 580 g/mol. The summed E-state index contributed by atoms with van der Waals surface area (Å²) in [5.74, 6) is -1.27. The summed E-state index contributed by atoms with van der Waals surface area (Å²) in [4.78, 5) is 42.1. The van der Waals surface area contributed by atoms with Gasteiger partial charge in [-0.1, -0.05) is 45.0 Å². The van der Waals surface area contributed by atoms with Crippen molar-refractivity contribution in [1.29, 1.82) is 0 Å². The molecule has 1 heterocycles. The number of carbonyl (C=O) groups is 3. The van der Waals surface area contributed by atoms with E-state index >= 15 is 0 Å². The highest BCUT2D eigenvalue weighted by atomic mass is 32.2. The lowest BCUT2D eigenvalue weighted by atomic mass is 9.70. The fourth-order valence-electron chi connectivity index (χ4n) is 8.67. The summed E-state index contributed by atoms with van der Waals surface area (Å²) in [5, 5.41) is 0. The Morgan fingerprint density at radius 2 is 1.68 bits per heavy atom. The minimum Gasteiger partial charge on any atom is -0.457 e. The molecule has 0 N–H and O–H groups in total. The average molecular weight is 623 g/mol. The first-order valence-corrected chi connectivity index (χ1v) is 17.0. The third-order valence-electron chi connectivity index (χ3n) is 11.2. The molecule has 1 unspecified atom stereocenters. The Labute approximate surface area is 259 Å². The first kappa shape index (κ1) is 30.6. The number of esters is 1. The van der Waals surface area contributed by atoms with E-state index in [2.05, 4.69) is 20.8 Å². The van der Waals surface area contributed by atoms with Gasteiger partial charge in [-0.3, -0.25) is 14.0 Å². The molecule has 0 aromatic heterocycles. The normalized spacial score (nSPS) is 31.8. The number of rotatable bonds is 7. The van der Waals surface area contributed by atoms with Gasteiger partial charge < -0.3 is 9.47 Å². The van der Waals surface area contributed by atoms with Crippen LogP contribution in [0.4, 0.5) is 10.5 Å². The molecule has 4 aliphatic rings. The van der Waals surface area contributed by atoms with E-state index in [4.69, 9.17) is 9.47 Å². The third-order valence-corrected chi connectivity index (χ3v) is 13.0. The third kappa shape index (κ3) is 4.16. The maximum absolute atomic E-state index is 14.7. The molecule has 2 bridgehead atoms. The number of nitrogens with zero attached hydrogens (tertiary/aromatic N) is 2. The number of carbonyl (C=O) groups excluding carboxylic acids is 3. The second-order valence-electron chi connectivity index (χ2n) is 13.7.